The molecule has 20 heavy (non-hydrogen) atoms. The molecule has 0 unspecified atom stereocenters. The van der Waals surface area contributed by atoms with Gasteiger partial charge in [-0.15, -0.1) is 0 Å². The Balaban J connectivity index is 1.71. The molecule has 1 aromatic carbocycles. The highest BCUT2D eigenvalue weighted by Crippen LogP contribution is 2.17. The molecule has 1 N–H and O–H groups in total. The summed E-state index contributed by atoms with van der Waals surface area (Å²) in [7, 11) is 0. The molecule has 1 fully saturated rings. The second kappa shape index (κ2) is 7.29. The third-order valence-electron chi connectivity index (χ3n) is 3.56. The highest BCUT2D eigenvalue weighted by atomic mass is 16.6. The first-order valence-corrected chi connectivity index (χ1v) is 7.34. The minimum absolute atomic E-state index is 0.194. The van der Waals surface area contributed by atoms with Crippen LogP contribution in [0.2, 0.25) is 0 Å². The first kappa shape index (κ1) is 14.9. The van der Waals surface area contributed by atoms with Crippen molar-refractivity contribution in [3.63, 3.8) is 0 Å². The molecule has 0 saturated carbocycles. The van der Waals surface area contributed by atoms with E-state index in [4.69, 9.17) is 4.74 Å². The van der Waals surface area contributed by atoms with Crippen molar-refractivity contribution >= 4 is 6.09 Å². The Morgan fingerprint density at radius 3 is 2.85 bits per heavy atom. The molecule has 2 rings (SSSR count). The number of nitrogens with one attached hydrogen (secondary N) is 1. The zero-order valence-electron chi connectivity index (χ0n) is 12.3. The summed E-state index contributed by atoms with van der Waals surface area (Å²) in [5.74, 6) is 0.543. The van der Waals surface area contributed by atoms with E-state index in [-0.39, 0.29) is 6.09 Å². The number of carbonyl (C=O) groups excluding carboxylic acids is 1. The van der Waals surface area contributed by atoms with E-state index >= 15 is 0 Å². The lowest BCUT2D eigenvalue weighted by molar-refractivity contribution is 0.103. The summed E-state index contributed by atoms with van der Waals surface area (Å²) in [6.45, 7) is 7.21. The van der Waals surface area contributed by atoms with Crippen LogP contribution in [0.1, 0.15) is 25.8 Å². The fraction of sp³-hybridized carbons (Fsp3) is 0.562. The minimum Gasteiger partial charge on any atom is -0.445 e. The van der Waals surface area contributed by atoms with Crippen molar-refractivity contribution in [1.82, 2.24) is 10.2 Å². The van der Waals surface area contributed by atoms with Gasteiger partial charge in [0, 0.05) is 19.1 Å². The van der Waals surface area contributed by atoms with Crippen LogP contribution in [0, 0.1) is 5.92 Å². The van der Waals surface area contributed by atoms with Gasteiger partial charge in [0.25, 0.3) is 0 Å². The van der Waals surface area contributed by atoms with Crippen LogP contribution < -0.4 is 5.32 Å². The van der Waals surface area contributed by atoms with E-state index < -0.39 is 0 Å². The molecule has 1 aliphatic heterocycles. The average Bonchev–Trinajstić information content (AvgIpc) is 2.92. The largest absolute Gasteiger partial charge is 0.445 e. The first-order valence-electron chi connectivity index (χ1n) is 7.34. The maximum absolute atomic E-state index is 12.0. The van der Waals surface area contributed by atoms with Gasteiger partial charge >= 0.3 is 6.09 Å². The van der Waals surface area contributed by atoms with E-state index in [0.717, 1.165) is 31.6 Å². The molecule has 4 nitrogen and oxygen atoms in total. The van der Waals surface area contributed by atoms with Gasteiger partial charge < -0.3 is 15.0 Å². The predicted molar refractivity (Wildman–Crippen MR) is 79.4 cm³/mol. The standard InChI is InChI=1S/C16H24N2O2/c1-13(2)17-10-15-8-9-18(11-15)16(19)20-12-14-6-4-3-5-7-14/h3-7,13,15,17H,8-12H2,1-2H3/t15-/m1/s1. The monoisotopic (exact) mass is 276 g/mol. The molecule has 0 aliphatic carbocycles. The van der Waals surface area contributed by atoms with Gasteiger partial charge in [0.05, 0.1) is 0 Å². The van der Waals surface area contributed by atoms with Gasteiger partial charge in [0.1, 0.15) is 6.61 Å². The highest BCUT2D eigenvalue weighted by Gasteiger charge is 2.27. The minimum atomic E-state index is -0.194. The van der Waals surface area contributed by atoms with Crippen LogP contribution in [0.4, 0.5) is 4.79 Å². The zero-order chi connectivity index (χ0) is 14.4. The van der Waals surface area contributed by atoms with Crippen molar-refractivity contribution in [2.45, 2.75) is 32.9 Å². The topological polar surface area (TPSA) is 41.6 Å². The Morgan fingerprint density at radius 2 is 2.15 bits per heavy atom. The number of carbonyl (C=O) groups is 1. The van der Waals surface area contributed by atoms with Crippen molar-refractivity contribution < 1.29 is 9.53 Å². The zero-order valence-corrected chi connectivity index (χ0v) is 12.3. The fourth-order valence-electron chi connectivity index (χ4n) is 2.38. The normalized spacial score (nSPS) is 18.6. The number of likely N-dealkylation sites (tertiary alicyclic amines) is 1. The average molecular weight is 276 g/mol. The maximum atomic E-state index is 12.0. The number of benzene rings is 1. The molecule has 0 spiro atoms. The Hall–Kier alpha value is -1.55. The molecule has 1 aliphatic rings. The van der Waals surface area contributed by atoms with Gasteiger partial charge in [-0.05, 0) is 24.4 Å². The number of amides is 1. The molecule has 0 bridgehead atoms. The van der Waals surface area contributed by atoms with Crippen molar-refractivity contribution in [1.29, 1.82) is 0 Å². The number of ether oxygens (including phenoxy) is 1. The summed E-state index contributed by atoms with van der Waals surface area (Å²) in [6.07, 6.45) is 0.862. The van der Waals surface area contributed by atoms with Crippen LogP contribution >= 0.6 is 0 Å². The van der Waals surface area contributed by atoms with E-state index in [0.29, 0.717) is 18.6 Å². The van der Waals surface area contributed by atoms with Crippen LogP contribution in [-0.4, -0.2) is 36.7 Å². The third kappa shape index (κ3) is 4.53. The Bertz CT molecular complexity index is 420. The van der Waals surface area contributed by atoms with Gasteiger partial charge in [-0.25, -0.2) is 4.79 Å². The lowest BCUT2D eigenvalue weighted by Crippen LogP contribution is -2.33. The van der Waals surface area contributed by atoms with Crippen LogP contribution in [0.5, 0.6) is 0 Å². The van der Waals surface area contributed by atoms with Crippen molar-refractivity contribution in [3.8, 4) is 0 Å². The van der Waals surface area contributed by atoms with Gasteiger partial charge in [-0.3, -0.25) is 0 Å². The molecule has 1 heterocycles. The predicted octanol–water partition coefficient (Wildman–Crippen LogP) is 2.64. The second-order valence-corrected chi connectivity index (χ2v) is 5.70. The van der Waals surface area contributed by atoms with Crippen molar-refractivity contribution in [2.75, 3.05) is 19.6 Å². The fourth-order valence-corrected chi connectivity index (χ4v) is 2.38. The number of hydrogen-bond acceptors (Lipinski definition) is 3. The quantitative estimate of drug-likeness (QED) is 0.899. The molecule has 4 heteroatoms. The Kier molecular flexibility index (Phi) is 5.41. The summed E-state index contributed by atoms with van der Waals surface area (Å²) in [5.41, 5.74) is 1.03. The summed E-state index contributed by atoms with van der Waals surface area (Å²) >= 11 is 0. The van der Waals surface area contributed by atoms with Crippen molar-refractivity contribution in [2.24, 2.45) is 5.92 Å². The van der Waals surface area contributed by atoms with E-state index in [1.165, 1.54) is 0 Å². The third-order valence-corrected chi connectivity index (χ3v) is 3.56. The molecule has 110 valence electrons. The van der Waals surface area contributed by atoms with Gasteiger partial charge in [0.2, 0.25) is 0 Å². The van der Waals surface area contributed by atoms with Crippen LogP contribution in [0.3, 0.4) is 0 Å². The van der Waals surface area contributed by atoms with E-state index in [9.17, 15) is 4.79 Å². The first-order chi connectivity index (χ1) is 9.65. The lowest BCUT2D eigenvalue weighted by Gasteiger charge is -2.17. The van der Waals surface area contributed by atoms with E-state index in [1.807, 2.05) is 35.2 Å². The lowest BCUT2D eigenvalue weighted by atomic mass is 10.1. The number of hydrogen-bond donors (Lipinski definition) is 1. The van der Waals surface area contributed by atoms with Gasteiger partial charge in [0.15, 0.2) is 0 Å². The molecular formula is C16H24N2O2. The summed E-state index contributed by atoms with van der Waals surface area (Å²) in [6, 6.07) is 10.3. The molecule has 0 aromatic heterocycles. The van der Waals surface area contributed by atoms with Crippen molar-refractivity contribution in [3.05, 3.63) is 35.9 Å². The SMILES string of the molecule is CC(C)NC[C@H]1CCN(C(=O)OCc2ccccc2)C1. The van der Waals surface area contributed by atoms with Gasteiger partial charge in [-0.2, -0.15) is 0 Å². The van der Waals surface area contributed by atoms with Crippen LogP contribution in [0.25, 0.3) is 0 Å². The van der Waals surface area contributed by atoms with E-state index in [2.05, 4.69) is 19.2 Å². The summed E-state index contributed by atoms with van der Waals surface area (Å²) in [5, 5.41) is 3.43. The maximum Gasteiger partial charge on any atom is 0.410 e. The smallest absolute Gasteiger partial charge is 0.410 e. The number of rotatable bonds is 5. The molecule has 0 radical (unpaired) electrons. The molecule has 1 atom stereocenters. The van der Waals surface area contributed by atoms with Crippen LogP contribution in [-0.2, 0) is 11.3 Å². The Morgan fingerprint density at radius 1 is 1.40 bits per heavy atom. The highest BCUT2D eigenvalue weighted by molar-refractivity contribution is 5.68. The second-order valence-electron chi connectivity index (χ2n) is 5.70. The number of nitrogens with zero attached hydrogens (tertiary/aromatic N) is 1. The summed E-state index contributed by atoms with van der Waals surface area (Å²) in [4.78, 5) is 13.8. The Labute approximate surface area is 121 Å². The molecule has 1 saturated heterocycles. The molecule has 1 amide bonds. The van der Waals surface area contributed by atoms with Crippen LogP contribution in [0.15, 0.2) is 30.3 Å². The summed E-state index contributed by atoms with van der Waals surface area (Å²) < 4.78 is 5.35. The molecule has 1 aromatic rings. The van der Waals surface area contributed by atoms with E-state index in [1.54, 1.807) is 0 Å². The molecular weight excluding hydrogens is 252 g/mol. The van der Waals surface area contributed by atoms with Gasteiger partial charge in [-0.1, -0.05) is 44.2 Å².